The zero-order chi connectivity index (χ0) is 14.3. The van der Waals surface area contributed by atoms with Crippen LogP contribution in [0.2, 0.25) is 0 Å². The second-order valence-corrected chi connectivity index (χ2v) is 5.00. The van der Waals surface area contributed by atoms with E-state index in [0.29, 0.717) is 18.5 Å². The number of aliphatic hydroxyl groups excluding tert-OH is 1. The van der Waals surface area contributed by atoms with Gasteiger partial charge < -0.3 is 10.4 Å². The number of rotatable bonds is 7. The van der Waals surface area contributed by atoms with Crippen molar-refractivity contribution in [1.82, 2.24) is 10.3 Å². The van der Waals surface area contributed by atoms with Gasteiger partial charge in [0.2, 0.25) is 0 Å². The molecule has 0 aliphatic rings. The molecule has 106 valence electrons. The standard InChI is InChI=1S/C15H24N2O2/c1-4-15(5-2,8-10-18)11-17-14(19)13-7-6-9-16-12(13)3/h6-7,9,18H,4-5,8,10-11H2,1-3H3,(H,17,19). The monoisotopic (exact) mass is 264 g/mol. The van der Waals surface area contributed by atoms with E-state index in [1.807, 2.05) is 6.92 Å². The Morgan fingerprint density at radius 1 is 1.42 bits per heavy atom. The minimum Gasteiger partial charge on any atom is -0.396 e. The van der Waals surface area contributed by atoms with Gasteiger partial charge in [0.25, 0.3) is 5.91 Å². The summed E-state index contributed by atoms with van der Waals surface area (Å²) in [4.78, 5) is 16.3. The maximum absolute atomic E-state index is 12.1. The normalized spacial score (nSPS) is 11.4. The Balaban J connectivity index is 2.70. The van der Waals surface area contributed by atoms with Crippen LogP contribution in [0.5, 0.6) is 0 Å². The number of carbonyl (C=O) groups is 1. The molecule has 1 aromatic heterocycles. The quantitative estimate of drug-likeness (QED) is 0.794. The van der Waals surface area contributed by atoms with Crippen LogP contribution >= 0.6 is 0 Å². The van der Waals surface area contributed by atoms with E-state index >= 15 is 0 Å². The Hall–Kier alpha value is -1.42. The molecule has 0 unspecified atom stereocenters. The number of hydrogen-bond donors (Lipinski definition) is 2. The first-order chi connectivity index (χ1) is 9.08. The molecule has 0 spiro atoms. The van der Waals surface area contributed by atoms with Gasteiger partial charge in [0, 0.05) is 25.0 Å². The SMILES string of the molecule is CCC(CC)(CCO)CNC(=O)c1cccnc1C. The summed E-state index contributed by atoms with van der Waals surface area (Å²) in [6, 6.07) is 3.55. The molecule has 2 N–H and O–H groups in total. The Morgan fingerprint density at radius 2 is 2.11 bits per heavy atom. The summed E-state index contributed by atoms with van der Waals surface area (Å²) in [5, 5.41) is 12.1. The molecule has 0 radical (unpaired) electrons. The predicted octanol–water partition coefficient (Wildman–Crippen LogP) is 2.31. The Labute approximate surface area is 115 Å². The lowest BCUT2D eigenvalue weighted by Gasteiger charge is -2.31. The molecule has 1 heterocycles. The number of hydrogen-bond acceptors (Lipinski definition) is 3. The maximum atomic E-state index is 12.1. The zero-order valence-electron chi connectivity index (χ0n) is 12.1. The second-order valence-electron chi connectivity index (χ2n) is 5.00. The smallest absolute Gasteiger partial charge is 0.253 e. The summed E-state index contributed by atoms with van der Waals surface area (Å²) in [6.07, 6.45) is 4.28. The van der Waals surface area contributed by atoms with Crippen molar-refractivity contribution < 1.29 is 9.90 Å². The fraction of sp³-hybridized carbons (Fsp3) is 0.600. The molecule has 1 aromatic rings. The minimum absolute atomic E-state index is 0.0134. The predicted molar refractivity (Wildman–Crippen MR) is 76.0 cm³/mol. The fourth-order valence-electron chi connectivity index (χ4n) is 2.27. The van der Waals surface area contributed by atoms with Gasteiger partial charge in [-0.15, -0.1) is 0 Å². The van der Waals surface area contributed by atoms with Crippen molar-refractivity contribution in [3.8, 4) is 0 Å². The average molecular weight is 264 g/mol. The Morgan fingerprint density at radius 3 is 2.63 bits per heavy atom. The van der Waals surface area contributed by atoms with Crippen LogP contribution in [0.3, 0.4) is 0 Å². The highest BCUT2D eigenvalue weighted by atomic mass is 16.3. The van der Waals surface area contributed by atoms with Gasteiger partial charge in [0.05, 0.1) is 5.56 Å². The number of aryl methyl sites for hydroxylation is 1. The van der Waals surface area contributed by atoms with E-state index in [1.165, 1.54) is 0 Å². The molecule has 0 aromatic carbocycles. The summed E-state index contributed by atoms with van der Waals surface area (Å²) in [7, 11) is 0. The van der Waals surface area contributed by atoms with Gasteiger partial charge in [-0.3, -0.25) is 9.78 Å². The first-order valence-corrected chi connectivity index (χ1v) is 6.89. The topological polar surface area (TPSA) is 62.2 Å². The highest BCUT2D eigenvalue weighted by molar-refractivity contribution is 5.95. The maximum Gasteiger partial charge on any atom is 0.253 e. The van der Waals surface area contributed by atoms with Crippen LogP contribution in [0.25, 0.3) is 0 Å². The van der Waals surface area contributed by atoms with Crippen molar-refractivity contribution in [3.63, 3.8) is 0 Å². The molecule has 0 aliphatic carbocycles. The molecule has 4 heteroatoms. The third-order valence-electron chi connectivity index (χ3n) is 4.02. The number of nitrogens with zero attached hydrogens (tertiary/aromatic N) is 1. The number of aliphatic hydroxyl groups is 1. The van der Waals surface area contributed by atoms with E-state index in [9.17, 15) is 4.79 Å². The molecule has 0 bridgehead atoms. The van der Waals surface area contributed by atoms with Gasteiger partial charge in [0.15, 0.2) is 0 Å². The number of amides is 1. The van der Waals surface area contributed by atoms with Gasteiger partial charge in [0.1, 0.15) is 0 Å². The molecular formula is C15H24N2O2. The molecule has 4 nitrogen and oxygen atoms in total. The van der Waals surface area contributed by atoms with Gasteiger partial charge in [-0.05, 0) is 43.7 Å². The van der Waals surface area contributed by atoms with E-state index in [0.717, 1.165) is 18.5 Å². The molecule has 0 aliphatic heterocycles. The lowest BCUT2D eigenvalue weighted by atomic mass is 9.79. The van der Waals surface area contributed by atoms with Crippen LogP contribution in [0.1, 0.15) is 49.2 Å². The first-order valence-electron chi connectivity index (χ1n) is 6.89. The van der Waals surface area contributed by atoms with Crippen LogP contribution in [-0.2, 0) is 0 Å². The summed E-state index contributed by atoms with van der Waals surface area (Å²) >= 11 is 0. The average Bonchev–Trinajstić information content (AvgIpc) is 2.44. The lowest BCUT2D eigenvalue weighted by Crippen LogP contribution is -2.38. The van der Waals surface area contributed by atoms with Crippen molar-refractivity contribution in [1.29, 1.82) is 0 Å². The first kappa shape index (κ1) is 15.6. The number of pyridine rings is 1. The van der Waals surface area contributed by atoms with Crippen LogP contribution < -0.4 is 5.32 Å². The van der Waals surface area contributed by atoms with E-state index < -0.39 is 0 Å². The number of carbonyl (C=O) groups excluding carboxylic acids is 1. The summed E-state index contributed by atoms with van der Waals surface area (Å²) in [5.74, 6) is -0.0881. The molecule has 0 fully saturated rings. The van der Waals surface area contributed by atoms with Gasteiger partial charge in [-0.2, -0.15) is 0 Å². The van der Waals surface area contributed by atoms with E-state index in [-0.39, 0.29) is 17.9 Å². The van der Waals surface area contributed by atoms with E-state index in [4.69, 9.17) is 5.11 Å². The third-order valence-corrected chi connectivity index (χ3v) is 4.02. The summed E-state index contributed by atoms with van der Waals surface area (Å²) < 4.78 is 0. The summed E-state index contributed by atoms with van der Waals surface area (Å²) in [6.45, 7) is 6.77. The number of aromatic nitrogens is 1. The van der Waals surface area contributed by atoms with Crippen LogP contribution in [0.4, 0.5) is 0 Å². The highest BCUT2D eigenvalue weighted by Gasteiger charge is 2.26. The van der Waals surface area contributed by atoms with Gasteiger partial charge in [-0.25, -0.2) is 0 Å². The Bertz CT molecular complexity index is 414. The zero-order valence-corrected chi connectivity index (χ0v) is 12.1. The van der Waals surface area contributed by atoms with Crippen molar-refractivity contribution in [3.05, 3.63) is 29.6 Å². The molecular weight excluding hydrogens is 240 g/mol. The Kier molecular flexibility index (Phi) is 5.96. The highest BCUT2D eigenvalue weighted by Crippen LogP contribution is 2.29. The van der Waals surface area contributed by atoms with E-state index in [1.54, 1.807) is 18.3 Å². The van der Waals surface area contributed by atoms with Crippen molar-refractivity contribution >= 4 is 5.91 Å². The van der Waals surface area contributed by atoms with Crippen molar-refractivity contribution in [2.75, 3.05) is 13.2 Å². The molecule has 19 heavy (non-hydrogen) atoms. The molecule has 0 saturated heterocycles. The molecule has 1 rings (SSSR count). The second kappa shape index (κ2) is 7.24. The fourth-order valence-corrected chi connectivity index (χ4v) is 2.27. The van der Waals surface area contributed by atoms with Crippen molar-refractivity contribution in [2.24, 2.45) is 5.41 Å². The molecule has 0 atom stereocenters. The number of nitrogens with one attached hydrogen (secondary N) is 1. The lowest BCUT2D eigenvalue weighted by molar-refractivity contribution is 0.0906. The third kappa shape index (κ3) is 4.03. The van der Waals surface area contributed by atoms with Crippen LogP contribution in [-0.4, -0.2) is 29.1 Å². The molecule has 1 amide bonds. The van der Waals surface area contributed by atoms with Gasteiger partial charge in [-0.1, -0.05) is 13.8 Å². The molecule has 0 saturated carbocycles. The van der Waals surface area contributed by atoms with Crippen molar-refractivity contribution in [2.45, 2.75) is 40.0 Å². The largest absolute Gasteiger partial charge is 0.396 e. The van der Waals surface area contributed by atoms with Crippen LogP contribution in [0, 0.1) is 12.3 Å². The van der Waals surface area contributed by atoms with E-state index in [2.05, 4.69) is 24.1 Å². The van der Waals surface area contributed by atoms with Crippen LogP contribution in [0.15, 0.2) is 18.3 Å². The van der Waals surface area contributed by atoms with Gasteiger partial charge >= 0.3 is 0 Å². The minimum atomic E-state index is -0.0881. The summed E-state index contributed by atoms with van der Waals surface area (Å²) in [5.41, 5.74) is 1.34.